The molecule has 23 heavy (non-hydrogen) atoms. The zero-order valence-electron chi connectivity index (χ0n) is 13.9. The number of hydrogen-bond acceptors (Lipinski definition) is 5. The predicted octanol–water partition coefficient (Wildman–Crippen LogP) is 2.98. The first-order valence-corrected chi connectivity index (χ1v) is 8.46. The molecule has 6 heteroatoms. The number of ketones is 1. The molecule has 1 unspecified atom stereocenters. The molecule has 1 aliphatic rings. The zero-order chi connectivity index (χ0) is 17.2. The average Bonchev–Trinajstić information content (AvgIpc) is 2.93. The summed E-state index contributed by atoms with van der Waals surface area (Å²) >= 11 is 1.46. The molecule has 122 valence electrons. The van der Waals surface area contributed by atoms with Crippen molar-refractivity contribution in [1.82, 2.24) is 9.88 Å². The Kier molecular flexibility index (Phi) is 5.00. The highest BCUT2D eigenvalue weighted by Gasteiger charge is 2.36. The number of carbonyl (C=O) groups is 2. The lowest BCUT2D eigenvalue weighted by molar-refractivity contribution is -0.124. The number of nitriles is 1. The van der Waals surface area contributed by atoms with Crippen LogP contribution >= 0.6 is 11.3 Å². The first kappa shape index (κ1) is 17.4. The molecule has 5 nitrogen and oxygen atoms in total. The molecule has 1 aromatic rings. The van der Waals surface area contributed by atoms with Crippen molar-refractivity contribution in [3.8, 4) is 6.07 Å². The van der Waals surface area contributed by atoms with Crippen LogP contribution in [0.1, 0.15) is 42.1 Å². The van der Waals surface area contributed by atoms with E-state index >= 15 is 0 Å². The lowest BCUT2D eigenvalue weighted by atomic mass is 9.71. The van der Waals surface area contributed by atoms with Crippen LogP contribution in [0.5, 0.6) is 0 Å². The molecule has 2 rings (SSSR count). The fourth-order valence-corrected chi connectivity index (χ4v) is 3.48. The highest BCUT2D eigenvalue weighted by Crippen LogP contribution is 2.36. The van der Waals surface area contributed by atoms with Crippen molar-refractivity contribution < 1.29 is 9.59 Å². The second kappa shape index (κ2) is 6.63. The molecule has 0 saturated carbocycles. The van der Waals surface area contributed by atoms with Gasteiger partial charge in [0.2, 0.25) is 0 Å². The second-order valence-electron chi connectivity index (χ2n) is 6.64. The van der Waals surface area contributed by atoms with E-state index < -0.39 is 5.41 Å². The summed E-state index contributed by atoms with van der Waals surface area (Å²) in [5.74, 6) is -0.0395. The van der Waals surface area contributed by atoms with Gasteiger partial charge in [-0.3, -0.25) is 9.59 Å². The molecule has 1 atom stereocenters. The van der Waals surface area contributed by atoms with Gasteiger partial charge in [0, 0.05) is 23.9 Å². The van der Waals surface area contributed by atoms with E-state index in [0.717, 1.165) is 11.3 Å². The number of thiazole rings is 1. The first-order valence-electron chi connectivity index (χ1n) is 7.58. The van der Waals surface area contributed by atoms with Gasteiger partial charge in [0.25, 0.3) is 5.91 Å². The molecule has 0 spiro atoms. The van der Waals surface area contributed by atoms with Gasteiger partial charge in [-0.05, 0) is 25.7 Å². The normalized spacial score (nSPS) is 19.9. The smallest absolute Gasteiger partial charge is 0.273 e. The van der Waals surface area contributed by atoms with Crippen molar-refractivity contribution in [1.29, 1.82) is 5.26 Å². The molecule has 0 radical (unpaired) electrons. The molecule has 0 N–H and O–H groups in total. The van der Waals surface area contributed by atoms with Crippen molar-refractivity contribution in [3.05, 3.63) is 27.7 Å². The fraction of sp³-hybridized carbons (Fsp3) is 0.529. The van der Waals surface area contributed by atoms with Crippen molar-refractivity contribution in [2.45, 2.75) is 33.6 Å². The van der Waals surface area contributed by atoms with E-state index in [4.69, 9.17) is 5.26 Å². The maximum absolute atomic E-state index is 12.3. The summed E-state index contributed by atoms with van der Waals surface area (Å²) in [5, 5.41) is 9.12. The lowest BCUT2D eigenvalue weighted by Gasteiger charge is -2.32. The topological polar surface area (TPSA) is 74.1 Å². The molecule has 0 aliphatic heterocycles. The molecule has 1 amide bonds. The van der Waals surface area contributed by atoms with Gasteiger partial charge in [0.15, 0.2) is 5.78 Å². The van der Waals surface area contributed by atoms with Crippen molar-refractivity contribution in [2.75, 3.05) is 13.6 Å². The molecular formula is C17H21N3O2S. The number of allylic oxidation sites excluding steroid dienone is 2. The minimum Gasteiger partial charge on any atom is -0.340 e. The molecular weight excluding hydrogens is 310 g/mol. The molecule has 1 aromatic heterocycles. The van der Waals surface area contributed by atoms with E-state index in [-0.39, 0.29) is 23.2 Å². The number of nitrogens with zero attached hydrogens (tertiary/aromatic N) is 3. The Morgan fingerprint density at radius 2 is 2.26 bits per heavy atom. The van der Waals surface area contributed by atoms with Crippen molar-refractivity contribution in [3.63, 3.8) is 0 Å². The minimum atomic E-state index is -0.515. The highest BCUT2D eigenvalue weighted by molar-refractivity contribution is 7.09. The highest BCUT2D eigenvalue weighted by atomic mass is 32.1. The third-order valence-corrected chi connectivity index (χ3v) is 5.04. The Morgan fingerprint density at radius 1 is 1.57 bits per heavy atom. The van der Waals surface area contributed by atoms with E-state index in [9.17, 15) is 9.59 Å². The van der Waals surface area contributed by atoms with Gasteiger partial charge in [-0.15, -0.1) is 11.3 Å². The van der Waals surface area contributed by atoms with Gasteiger partial charge in [-0.25, -0.2) is 4.98 Å². The van der Waals surface area contributed by atoms with Crippen LogP contribution in [-0.4, -0.2) is 35.2 Å². The Morgan fingerprint density at radius 3 is 2.83 bits per heavy atom. The summed E-state index contributed by atoms with van der Waals surface area (Å²) < 4.78 is 0. The van der Waals surface area contributed by atoms with Crippen LogP contribution in [0.15, 0.2) is 17.2 Å². The number of aromatic nitrogens is 1. The van der Waals surface area contributed by atoms with Gasteiger partial charge in [-0.2, -0.15) is 5.26 Å². The number of hydrogen-bond donors (Lipinski definition) is 0. The largest absolute Gasteiger partial charge is 0.340 e. The summed E-state index contributed by atoms with van der Waals surface area (Å²) in [5.41, 5.74) is 1.91. The predicted molar refractivity (Wildman–Crippen MR) is 89.0 cm³/mol. The monoisotopic (exact) mass is 331 g/mol. The molecule has 0 bridgehead atoms. The number of amides is 1. The third-order valence-electron chi connectivity index (χ3n) is 4.28. The van der Waals surface area contributed by atoms with Crippen LogP contribution < -0.4 is 0 Å². The Balaban J connectivity index is 2.02. The maximum atomic E-state index is 12.3. The minimum absolute atomic E-state index is 0.0839. The molecule has 0 saturated heterocycles. The van der Waals surface area contributed by atoms with E-state index in [1.807, 2.05) is 26.8 Å². The van der Waals surface area contributed by atoms with Crippen LogP contribution in [0.4, 0.5) is 0 Å². The molecule has 0 fully saturated rings. The van der Waals surface area contributed by atoms with Crippen LogP contribution in [0, 0.1) is 29.6 Å². The van der Waals surface area contributed by atoms with Gasteiger partial charge in [0.05, 0.1) is 11.1 Å². The van der Waals surface area contributed by atoms with E-state index in [0.29, 0.717) is 18.7 Å². The maximum Gasteiger partial charge on any atom is 0.273 e. The van der Waals surface area contributed by atoms with Crippen molar-refractivity contribution >= 4 is 23.0 Å². The zero-order valence-corrected chi connectivity index (χ0v) is 14.7. The van der Waals surface area contributed by atoms with Crippen molar-refractivity contribution in [2.24, 2.45) is 11.3 Å². The van der Waals surface area contributed by atoms with Crippen LogP contribution in [0.3, 0.4) is 0 Å². The van der Waals surface area contributed by atoms with E-state index in [2.05, 4.69) is 4.98 Å². The van der Waals surface area contributed by atoms with Crippen LogP contribution in [-0.2, 0) is 4.79 Å². The SMILES string of the molecule is Cc1scnc1C(=O)N(C)CCC1C=C(C#N)C(=O)C(C)(C)C1. The molecule has 1 heterocycles. The Hall–Kier alpha value is -2.00. The van der Waals surface area contributed by atoms with Gasteiger partial charge in [-0.1, -0.05) is 19.9 Å². The first-order chi connectivity index (χ1) is 10.8. The van der Waals surface area contributed by atoms with E-state index in [1.54, 1.807) is 23.5 Å². The van der Waals surface area contributed by atoms with Gasteiger partial charge in [0.1, 0.15) is 11.8 Å². The Labute approximate surface area is 140 Å². The van der Waals surface area contributed by atoms with Gasteiger partial charge < -0.3 is 4.90 Å². The van der Waals surface area contributed by atoms with Crippen LogP contribution in [0.2, 0.25) is 0 Å². The number of Topliss-reactive ketones (excluding diaryl/α,β-unsaturated/α-hetero) is 1. The summed E-state index contributed by atoms with van der Waals surface area (Å²) in [6, 6.07) is 2.00. The van der Waals surface area contributed by atoms with Crippen LogP contribution in [0.25, 0.3) is 0 Å². The Bertz CT molecular complexity index is 697. The average molecular weight is 331 g/mol. The number of aryl methyl sites for hydroxylation is 1. The summed E-state index contributed by atoms with van der Waals surface area (Å²) in [6.45, 7) is 6.20. The quantitative estimate of drug-likeness (QED) is 0.850. The molecule has 0 aromatic carbocycles. The lowest BCUT2D eigenvalue weighted by Crippen LogP contribution is -2.34. The number of rotatable bonds is 4. The fourth-order valence-electron chi connectivity index (χ4n) is 2.91. The van der Waals surface area contributed by atoms with E-state index in [1.165, 1.54) is 11.3 Å². The second-order valence-corrected chi connectivity index (χ2v) is 7.70. The summed E-state index contributed by atoms with van der Waals surface area (Å²) in [6.07, 6.45) is 3.20. The third kappa shape index (κ3) is 3.67. The molecule has 1 aliphatic carbocycles. The standard InChI is InChI=1S/C17H21N3O2S/c1-11-14(19-10-23-11)16(22)20(4)6-5-12-7-13(9-18)15(21)17(2,3)8-12/h7,10,12H,5-6,8H2,1-4H3. The summed E-state index contributed by atoms with van der Waals surface area (Å²) in [4.78, 5) is 31.1. The number of carbonyl (C=O) groups excluding carboxylic acids is 2. The van der Waals surface area contributed by atoms with Gasteiger partial charge >= 0.3 is 0 Å². The summed E-state index contributed by atoms with van der Waals surface area (Å²) in [7, 11) is 1.76.